The lowest BCUT2D eigenvalue weighted by Gasteiger charge is -2.32. The topological polar surface area (TPSA) is 88.3 Å². The smallest absolute Gasteiger partial charge is 0.358 e. The molecule has 0 N–H and O–H groups in total. The summed E-state index contributed by atoms with van der Waals surface area (Å²) in [5, 5.41) is 10.6. The number of pyridine rings is 1. The number of nitrogens with zero attached hydrogens (tertiary/aromatic N) is 6. The van der Waals surface area contributed by atoms with Gasteiger partial charge in [0.2, 0.25) is 5.95 Å². The van der Waals surface area contributed by atoms with E-state index in [0.29, 0.717) is 0 Å². The molecule has 3 rings (SSSR count). The van der Waals surface area contributed by atoms with E-state index in [9.17, 15) is 10.1 Å². The van der Waals surface area contributed by atoms with Gasteiger partial charge in [-0.25, -0.2) is 9.97 Å². The van der Waals surface area contributed by atoms with Crippen molar-refractivity contribution >= 4 is 23.5 Å². The standard InChI is InChI=1S/C15H18N6O2S/c1-11-13(24-12-3-4-14(16-9-12)21(22)23)10-17-15(18-11)20-7-5-19(2)6-8-20/h3-4,9-10H,5-8H2,1-2H3. The van der Waals surface area contributed by atoms with Gasteiger partial charge in [-0.05, 0) is 29.9 Å². The minimum Gasteiger partial charge on any atom is -0.358 e. The van der Waals surface area contributed by atoms with Crippen molar-refractivity contribution < 1.29 is 4.92 Å². The Hall–Kier alpha value is -2.26. The van der Waals surface area contributed by atoms with Crippen LogP contribution in [-0.2, 0) is 0 Å². The minimum atomic E-state index is -0.506. The predicted molar refractivity (Wildman–Crippen MR) is 91.5 cm³/mol. The van der Waals surface area contributed by atoms with Crippen LogP contribution in [0, 0.1) is 17.0 Å². The van der Waals surface area contributed by atoms with E-state index in [1.165, 1.54) is 24.0 Å². The summed E-state index contributed by atoms with van der Waals surface area (Å²) >= 11 is 1.45. The van der Waals surface area contributed by atoms with E-state index in [-0.39, 0.29) is 5.82 Å². The molecule has 126 valence electrons. The zero-order chi connectivity index (χ0) is 17.1. The van der Waals surface area contributed by atoms with Gasteiger partial charge in [-0.2, -0.15) is 0 Å². The highest BCUT2D eigenvalue weighted by Crippen LogP contribution is 2.30. The summed E-state index contributed by atoms with van der Waals surface area (Å²) in [5.74, 6) is 0.601. The van der Waals surface area contributed by atoms with Gasteiger partial charge in [0.15, 0.2) is 6.20 Å². The number of hydrogen-bond donors (Lipinski definition) is 0. The Morgan fingerprint density at radius 3 is 2.50 bits per heavy atom. The maximum absolute atomic E-state index is 10.6. The van der Waals surface area contributed by atoms with E-state index in [1.54, 1.807) is 6.07 Å². The molecule has 1 aliphatic heterocycles. The highest BCUT2D eigenvalue weighted by molar-refractivity contribution is 7.99. The third-order valence-electron chi connectivity index (χ3n) is 3.84. The summed E-state index contributed by atoms with van der Waals surface area (Å²) in [7, 11) is 2.11. The van der Waals surface area contributed by atoms with E-state index in [0.717, 1.165) is 47.6 Å². The number of aromatic nitrogens is 3. The molecule has 0 unspecified atom stereocenters. The molecule has 2 aromatic heterocycles. The van der Waals surface area contributed by atoms with Crippen LogP contribution in [0.25, 0.3) is 0 Å². The Morgan fingerprint density at radius 2 is 1.92 bits per heavy atom. The summed E-state index contributed by atoms with van der Waals surface area (Å²) in [4.78, 5) is 29.3. The molecule has 3 heterocycles. The van der Waals surface area contributed by atoms with Gasteiger partial charge in [0.05, 0.1) is 15.5 Å². The Balaban J connectivity index is 1.71. The maximum atomic E-state index is 10.6. The number of piperazine rings is 1. The average Bonchev–Trinajstić information content (AvgIpc) is 2.58. The first kappa shape index (κ1) is 16.6. The molecule has 8 nitrogen and oxygen atoms in total. The van der Waals surface area contributed by atoms with E-state index >= 15 is 0 Å². The van der Waals surface area contributed by atoms with E-state index < -0.39 is 4.92 Å². The van der Waals surface area contributed by atoms with Crippen LogP contribution in [0.3, 0.4) is 0 Å². The van der Waals surface area contributed by atoms with Gasteiger partial charge in [0, 0.05) is 38.4 Å². The Kier molecular flexibility index (Phi) is 4.91. The van der Waals surface area contributed by atoms with Crippen LogP contribution in [-0.4, -0.2) is 58.0 Å². The average molecular weight is 346 g/mol. The van der Waals surface area contributed by atoms with Crippen LogP contribution in [0.15, 0.2) is 34.3 Å². The Bertz CT molecular complexity index is 731. The second kappa shape index (κ2) is 7.10. The van der Waals surface area contributed by atoms with Gasteiger partial charge in [0.25, 0.3) is 0 Å². The summed E-state index contributed by atoms with van der Waals surface area (Å²) < 4.78 is 0. The molecule has 0 bridgehead atoms. The SMILES string of the molecule is Cc1nc(N2CCN(C)CC2)ncc1Sc1ccc([N+](=O)[O-])nc1. The van der Waals surface area contributed by atoms with E-state index in [2.05, 4.69) is 31.8 Å². The van der Waals surface area contributed by atoms with Gasteiger partial charge in [-0.15, -0.1) is 0 Å². The second-order valence-electron chi connectivity index (χ2n) is 5.62. The van der Waals surface area contributed by atoms with Crippen molar-refractivity contribution in [2.24, 2.45) is 0 Å². The molecular weight excluding hydrogens is 328 g/mol. The number of aryl methyl sites for hydroxylation is 1. The van der Waals surface area contributed by atoms with Crippen molar-refractivity contribution in [3.63, 3.8) is 0 Å². The fourth-order valence-corrected chi connectivity index (χ4v) is 3.16. The van der Waals surface area contributed by atoms with Crippen LogP contribution in [0.1, 0.15) is 5.69 Å². The highest BCUT2D eigenvalue weighted by atomic mass is 32.2. The molecule has 1 fully saturated rings. The molecule has 1 saturated heterocycles. The van der Waals surface area contributed by atoms with Gasteiger partial charge in [-0.3, -0.25) is 0 Å². The van der Waals surface area contributed by atoms with E-state index in [1.807, 2.05) is 13.1 Å². The normalized spacial score (nSPS) is 15.5. The van der Waals surface area contributed by atoms with Crippen LogP contribution < -0.4 is 4.90 Å². The molecule has 0 aliphatic carbocycles. The van der Waals surface area contributed by atoms with Crippen LogP contribution in [0.4, 0.5) is 11.8 Å². The van der Waals surface area contributed by atoms with Gasteiger partial charge >= 0.3 is 5.82 Å². The Labute approximate surface area is 144 Å². The fraction of sp³-hybridized carbons (Fsp3) is 0.400. The van der Waals surface area contributed by atoms with Crippen molar-refractivity contribution in [2.45, 2.75) is 16.7 Å². The monoisotopic (exact) mass is 346 g/mol. The van der Waals surface area contributed by atoms with Gasteiger partial charge in [0.1, 0.15) is 0 Å². The lowest BCUT2D eigenvalue weighted by molar-refractivity contribution is -0.389. The van der Waals surface area contributed by atoms with E-state index in [4.69, 9.17) is 0 Å². The molecule has 0 aromatic carbocycles. The number of anilines is 1. The second-order valence-corrected chi connectivity index (χ2v) is 6.74. The quantitative estimate of drug-likeness (QED) is 0.613. The molecule has 0 spiro atoms. The van der Waals surface area contributed by atoms with Gasteiger partial charge in [-0.1, -0.05) is 11.8 Å². The summed E-state index contributed by atoms with van der Waals surface area (Å²) in [5.41, 5.74) is 0.891. The minimum absolute atomic E-state index is 0.155. The third kappa shape index (κ3) is 3.80. The molecule has 2 aromatic rings. The first-order chi connectivity index (χ1) is 11.5. The van der Waals surface area contributed by atoms with Crippen molar-refractivity contribution in [2.75, 3.05) is 38.1 Å². The predicted octanol–water partition coefficient (Wildman–Crippen LogP) is 1.99. The molecule has 1 aliphatic rings. The molecule has 0 amide bonds. The highest BCUT2D eigenvalue weighted by Gasteiger charge is 2.17. The molecule has 24 heavy (non-hydrogen) atoms. The van der Waals surface area contributed by atoms with Crippen molar-refractivity contribution in [3.8, 4) is 0 Å². The van der Waals surface area contributed by atoms with Crippen LogP contribution in [0.2, 0.25) is 0 Å². The molecule has 0 saturated carbocycles. The lowest BCUT2D eigenvalue weighted by Crippen LogP contribution is -2.45. The van der Waals surface area contributed by atoms with Crippen LogP contribution >= 0.6 is 11.8 Å². The zero-order valence-corrected chi connectivity index (χ0v) is 14.4. The number of nitro groups is 1. The van der Waals surface area contributed by atoms with Crippen molar-refractivity contribution in [3.05, 3.63) is 40.3 Å². The van der Waals surface area contributed by atoms with Crippen molar-refractivity contribution in [1.29, 1.82) is 0 Å². The number of rotatable bonds is 4. The number of hydrogen-bond acceptors (Lipinski definition) is 8. The van der Waals surface area contributed by atoms with Gasteiger partial charge < -0.3 is 19.9 Å². The molecular formula is C15H18N6O2S. The molecule has 0 atom stereocenters. The largest absolute Gasteiger partial charge is 0.363 e. The number of likely N-dealkylation sites (N-methyl/N-ethyl adjacent to an activating group) is 1. The first-order valence-electron chi connectivity index (χ1n) is 7.58. The Morgan fingerprint density at radius 1 is 1.17 bits per heavy atom. The molecule has 9 heteroatoms. The van der Waals surface area contributed by atoms with Crippen LogP contribution in [0.5, 0.6) is 0 Å². The summed E-state index contributed by atoms with van der Waals surface area (Å²) in [6.45, 7) is 5.81. The maximum Gasteiger partial charge on any atom is 0.363 e. The first-order valence-corrected chi connectivity index (χ1v) is 8.40. The zero-order valence-electron chi connectivity index (χ0n) is 13.5. The van der Waals surface area contributed by atoms with Crippen molar-refractivity contribution in [1.82, 2.24) is 19.9 Å². The lowest BCUT2D eigenvalue weighted by atomic mass is 10.3. The fourth-order valence-electron chi connectivity index (χ4n) is 2.37. The summed E-state index contributed by atoms with van der Waals surface area (Å²) in [6, 6.07) is 3.08. The molecule has 0 radical (unpaired) electrons. The summed E-state index contributed by atoms with van der Waals surface area (Å²) in [6.07, 6.45) is 3.30. The third-order valence-corrected chi connectivity index (χ3v) is 4.94.